The molecule has 1 saturated heterocycles. The lowest BCUT2D eigenvalue weighted by Gasteiger charge is -2.33. The monoisotopic (exact) mass is 341 g/mol. The van der Waals surface area contributed by atoms with Gasteiger partial charge in [-0.25, -0.2) is 0 Å². The Morgan fingerprint density at radius 2 is 1.68 bits per heavy atom. The van der Waals surface area contributed by atoms with Crippen LogP contribution in [0.25, 0.3) is 0 Å². The van der Waals surface area contributed by atoms with Crippen LogP contribution >= 0.6 is 0 Å². The summed E-state index contributed by atoms with van der Waals surface area (Å²) in [4.78, 5) is 0. The first-order valence-corrected chi connectivity index (χ1v) is 10.7. The lowest BCUT2D eigenvalue weighted by atomic mass is 9.73. The second-order valence-corrected chi connectivity index (χ2v) is 9.42. The maximum absolute atomic E-state index is 3.44. The maximum atomic E-state index is 3.44. The molecule has 0 radical (unpaired) electrons. The van der Waals surface area contributed by atoms with Crippen LogP contribution < -0.4 is 5.32 Å². The quantitative estimate of drug-likeness (QED) is 0.605. The van der Waals surface area contributed by atoms with Gasteiger partial charge in [-0.15, -0.1) is 0 Å². The Morgan fingerprint density at radius 1 is 0.960 bits per heavy atom. The van der Waals surface area contributed by atoms with E-state index in [-0.39, 0.29) is 0 Å². The average molecular weight is 342 g/mol. The van der Waals surface area contributed by atoms with Gasteiger partial charge < -0.3 is 5.32 Å². The Kier molecular flexibility index (Phi) is 6.25. The molecule has 3 aliphatic rings. The van der Waals surface area contributed by atoms with Gasteiger partial charge in [0.2, 0.25) is 0 Å². The lowest BCUT2D eigenvalue weighted by molar-refractivity contribution is 0.237. The Bertz CT molecular complexity index is 548. The molecule has 1 aliphatic heterocycles. The van der Waals surface area contributed by atoms with Crippen molar-refractivity contribution < 1.29 is 0 Å². The first kappa shape index (κ1) is 19.0. The van der Waals surface area contributed by atoms with E-state index in [0.717, 1.165) is 29.6 Å². The Labute approximate surface area is 156 Å². The van der Waals surface area contributed by atoms with E-state index in [1.807, 2.05) is 0 Å². The van der Waals surface area contributed by atoms with Crippen LogP contribution in [0.3, 0.4) is 0 Å². The van der Waals surface area contributed by atoms with E-state index in [2.05, 4.69) is 58.2 Å². The molecular weight excluding hydrogens is 302 g/mol. The van der Waals surface area contributed by atoms with Crippen molar-refractivity contribution in [3.05, 3.63) is 34.9 Å². The van der Waals surface area contributed by atoms with Gasteiger partial charge in [-0.1, -0.05) is 62.1 Å². The Balaban J connectivity index is 1.76. The molecule has 2 fully saturated rings. The number of hydrogen-bond acceptors (Lipinski definition) is 1. The number of allylic oxidation sites excluding steroid dienone is 6. The van der Waals surface area contributed by atoms with Crippen LogP contribution in [-0.2, 0) is 0 Å². The van der Waals surface area contributed by atoms with Crippen molar-refractivity contribution in [2.45, 2.75) is 66.7 Å². The third-order valence-electron chi connectivity index (χ3n) is 7.54. The summed E-state index contributed by atoms with van der Waals surface area (Å²) in [6.45, 7) is 14.6. The van der Waals surface area contributed by atoms with Crippen molar-refractivity contribution in [1.82, 2.24) is 5.32 Å². The maximum Gasteiger partial charge on any atom is -0.000825 e. The van der Waals surface area contributed by atoms with Gasteiger partial charge in [-0.3, -0.25) is 0 Å². The fourth-order valence-electron chi connectivity index (χ4n) is 5.23. The van der Waals surface area contributed by atoms with E-state index >= 15 is 0 Å². The minimum Gasteiger partial charge on any atom is -0.316 e. The molecule has 0 aromatic heterocycles. The highest BCUT2D eigenvalue weighted by molar-refractivity contribution is 5.36. The molecule has 5 atom stereocenters. The summed E-state index contributed by atoms with van der Waals surface area (Å²) >= 11 is 0. The predicted molar refractivity (Wildman–Crippen MR) is 110 cm³/mol. The molecule has 0 aromatic rings. The molecule has 0 spiro atoms. The molecule has 3 unspecified atom stereocenters. The molecule has 140 valence electrons. The first-order chi connectivity index (χ1) is 12.0. The van der Waals surface area contributed by atoms with Crippen LogP contribution in [0.2, 0.25) is 0 Å². The van der Waals surface area contributed by atoms with Crippen molar-refractivity contribution in [3.63, 3.8) is 0 Å². The van der Waals surface area contributed by atoms with E-state index in [1.54, 1.807) is 11.1 Å². The van der Waals surface area contributed by atoms with Gasteiger partial charge in [0, 0.05) is 0 Å². The zero-order valence-electron chi connectivity index (χ0n) is 17.1. The summed E-state index contributed by atoms with van der Waals surface area (Å²) in [5.74, 6) is 4.97. The molecule has 1 heterocycles. The van der Waals surface area contributed by atoms with Crippen LogP contribution in [0, 0.1) is 35.5 Å². The van der Waals surface area contributed by atoms with Crippen molar-refractivity contribution in [1.29, 1.82) is 0 Å². The number of nitrogens with one attached hydrogen (secondary N) is 1. The largest absolute Gasteiger partial charge is 0.316 e. The van der Waals surface area contributed by atoms with Crippen LogP contribution in [0.1, 0.15) is 66.7 Å². The molecule has 1 nitrogen and oxygen atoms in total. The lowest BCUT2D eigenvalue weighted by Crippen LogP contribution is -2.42. The molecule has 1 heteroatoms. The van der Waals surface area contributed by atoms with Gasteiger partial charge in [0.25, 0.3) is 0 Å². The second-order valence-electron chi connectivity index (χ2n) is 9.42. The molecule has 0 bridgehead atoms. The van der Waals surface area contributed by atoms with Crippen molar-refractivity contribution >= 4 is 0 Å². The second kappa shape index (κ2) is 8.25. The van der Waals surface area contributed by atoms with E-state index in [4.69, 9.17) is 0 Å². The molecule has 1 saturated carbocycles. The zero-order valence-corrected chi connectivity index (χ0v) is 17.1. The third kappa shape index (κ3) is 4.48. The SMILES string of the molecule is CC1=CC=C([C@H]2CC(CCC3CNC3)C(C)CC[C@@H]2C)C(C)C(C)=C1. The number of rotatable bonds is 4. The first-order valence-electron chi connectivity index (χ1n) is 10.7. The van der Waals surface area contributed by atoms with Crippen LogP contribution in [0.5, 0.6) is 0 Å². The minimum atomic E-state index is 0.603. The Hall–Kier alpha value is -0.820. The van der Waals surface area contributed by atoms with Crippen molar-refractivity contribution in [3.8, 4) is 0 Å². The fraction of sp³-hybridized carbons (Fsp3) is 0.750. The topological polar surface area (TPSA) is 12.0 Å². The third-order valence-corrected chi connectivity index (χ3v) is 7.54. The molecule has 0 aromatic carbocycles. The molecule has 3 rings (SSSR count). The van der Waals surface area contributed by atoms with Gasteiger partial charge >= 0.3 is 0 Å². The van der Waals surface area contributed by atoms with E-state index < -0.39 is 0 Å². The van der Waals surface area contributed by atoms with Crippen LogP contribution in [-0.4, -0.2) is 13.1 Å². The van der Waals surface area contributed by atoms with Gasteiger partial charge in [0.05, 0.1) is 0 Å². The van der Waals surface area contributed by atoms with E-state index in [0.29, 0.717) is 5.92 Å². The number of hydrogen-bond donors (Lipinski definition) is 1. The summed E-state index contributed by atoms with van der Waals surface area (Å²) in [5.41, 5.74) is 4.66. The zero-order chi connectivity index (χ0) is 18.0. The highest BCUT2D eigenvalue weighted by Gasteiger charge is 2.34. The normalized spacial score (nSPS) is 37.3. The van der Waals surface area contributed by atoms with Crippen LogP contribution in [0.4, 0.5) is 0 Å². The minimum absolute atomic E-state index is 0.603. The highest BCUT2D eigenvalue weighted by Crippen LogP contribution is 2.44. The summed E-state index contributed by atoms with van der Waals surface area (Å²) in [6.07, 6.45) is 14.4. The van der Waals surface area contributed by atoms with Gasteiger partial charge in [0.15, 0.2) is 0 Å². The van der Waals surface area contributed by atoms with Crippen molar-refractivity contribution in [2.75, 3.05) is 13.1 Å². The van der Waals surface area contributed by atoms with E-state index in [9.17, 15) is 0 Å². The van der Waals surface area contributed by atoms with Crippen LogP contribution in [0.15, 0.2) is 34.9 Å². The highest BCUT2D eigenvalue weighted by atomic mass is 14.9. The molecule has 2 aliphatic carbocycles. The average Bonchev–Trinajstić information content (AvgIpc) is 2.74. The van der Waals surface area contributed by atoms with Gasteiger partial charge in [-0.2, -0.15) is 0 Å². The summed E-state index contributed by atoms with van der Waals surface area (Å²) in [5, 5.41) is 3.44. The van der Waals surface area contributed by atoms with E-state index in [1.165, 1.54) is 50.8 Å². The smallest absolute Gasteiger partial charge is 0.000825 e. The summed E-state index contributed by atoms with van der Waals surface area (Å²) in [6, 6.07) is 0. The molecular formula is C24H39N. The van der Waals surface area contributed by atoms with Gasteiger partial charge in [-0.05, 0) is 88.1 Å². The predicted octanol–water partition coefficient (Wildman–Crippen LogP) is 6.14. The fourth-order valence-corrected chi connectivity index (χ4v) is 5.23. The summed E-state index contributed by atoms with van der Waals surface area (Å²) in [7, 11) is 0. The van der Waals surface area contributed by atoms with Gasteiger partial charge in [0.1, 0.15) is 0 Å². The summed E-state index contributed by atoms with van der Waals surface area (Å²) < 4.78 is 0. The van der Waals surface area contributed by atoms with Crippen molar-refractivity contribution in [2.24, 2.45) is 35.5 Å². The molecule has 1 N–H and O–H groups in total. The Morgan fingerprint density at radius 3 is 2.36 bits per heavy atom. The molecule has 25 heavy (non-hydrogen) atoms. The standard InChI is InChI=1S/C24H39N/c1-16-6-11-23(20(5)19(4)12-16)24-13-22(10-9-21-14-25-15-21)17(2)7-8-18(24)3/h6,11-12,17-18,20-22,24-25H,7-10,13-15H2,1-5H3/t17?,18-,20?,22?,24-/m0/s1. The molecule has 0 amide bonds.